The number of aliphatic hydroxyl groups excluding tert-OH is 1. The summed E-state index contributed by atoms with van der Waals surface area (Å²) in [4.78, 5) is 4.61. The number of methoxy groups -OCH3 is 1. The quantitative estimate of drug-likeness (QED) is 0.365. The molecule has 0 aromatic carbocycles. The van der Waals surface area contributed by atoms with Crippen LogP contribution in [-0.4, -0.2) is 65.5 Å². The van der Waals surface area contributed by atoms with E-state index in [4.69, 9.17) is 14.9 Å². The Morgan fingerprint density at radius 2 is 2.00 bits per heavy atom. The summed E-state index contributed by atoms with van der Waals surface area (Å²) in [5.74, 6) is 0.888. The number of ether oxygens (including phenoxy) is 1. The van der Waals surface area contributed by atoms with Crippen LogP contribution in [0.1, 0.15) is 68.1 Å². The van der Waals surface area contributed by atoms with Gasteiger partial charge in [0.1, 0.15) is 15.6 Å². The predicted molar refractivity (Wildman–Crippen MR) is 139 cm³/mol. The number of aromatic nitrogens is 7. The molecule has 2 N–H and O–H groups in total. The average Bonchev–Trinajstić information content (AvgIpc) is 3.58. The van der Waals surface area contributed by atoms with Crippen molar-refractivity contribution in [1.29, 1.82) is 0 Å². The summed E-state index contributed by atoms with van der Waals surface area (Å²) in [6.07, 6.45) is 9.10. The number of hydrogen-bond donors (Lipinski definition) is 2. The number of aryl methyl sites for hydroxylation is 1. The Hall–Kier alpha value is -2.89. The molecule has 0 aliphatic heterocycles. The first-order valence-electron chi connectivity index (χ1n) is 12.4. The van der Waals surface area contributed by atoms with Gasteiger partial charge in [0.15, 0.2) is 0 Å². The van der Waals surface area contributed by atoms with Crippen molar-refractivity contribution in [1.82, 2.24) is 34.6 Å². The second-order valence-corrected chi connectivity index (χ2v) is 11.4. The Kier molecular flexibility index (Phi) is 6.80. The van der Waals surface area contributed by atoms with Crippen molar-refractivity contribution in [2.24, 2.45) is 0 Å². The maximum atomic E-state index is 10.1. The molecule has 1 atom stereocenters. The van der Waals surface area contributed by atoms with Crippen LogP contribution >= 0.6 is 11.3 Å². The van der Waals surface area contributed by atoms with Crippen LogP contribution in [0.15, 0.2) is 24.7 Å². The number of hydrogen-bond acceptors (Lipinski definition) is 9. The summed E-state index contributed by atoms with van der Waals surface area (Å²) in [6, 6.07) is 2.30. The van der Waals surface area contributed by atoms with Gasteiger partial charge in [-0.25, -0.2) is 9.50 Å². The van der Waals surface area contributed by atoms with Crippen molar-refractivity contribution < 1.29 is 9.84 Å². The van der Waals surface area contributed by atoms with Crippen molar-refractivity contribution in [3.8, 4) is 11.1 Å². The zero-order valence-corrected chi connectivity index (χ0v) is 22.3. The lowest BCUT2D eigenvalue weighted by atomic mass is 9.85. The first-order valence-corrected chi connectivity index (χ1v) is 13.3. The van der Waals surface area contributed by atoms with Crippen LogP contribution in [0.4, 0.5) is 5.95 Å². The van der Waals surface area contributed by atoms with Crippen molar-refractivity contribution in [3.05, 3.63) is 40.4 Å². The predicted octanol–water partition coefficient (Wildman–Crippen LogP) is 4.00. The van der Waals surface area contributed by atoms with E-state index in [0.717, 1.165) is 58.0 Å². The zero-order chi connectivity index (χ0) is 25.4. The average molecular weight is 511 g/mol. The van der Waals surface area contributed by atoms with E-state index in [1.54, 1.807) is 18.4 Å². The molecule has 192 valence electrons. The fraction of sp³-hybridized carbons (Fsp3) is 0.560. The van der Waals surface area contributed by atoms with E-state index < -0.39 is 5.54 Å². The van der Waals surface area contributed by atoms with E-state index in [1.807, 2.05) is 35.4 Å². The summed E-state index contributed by atoms with van der Waals surface area (Å²) in [5.41, 5.74) is 3.70. The minimum Gasteiger partial charge on any atom is -0.393 e. The smallest absolute Gasteiger partial charge is 0.241 e. The minimum absolute atomic E-state index is 0.0835. The molecule has 11 heteroatoms. The van der Waals surface area contributed by atoms with Crippen LogP contribution in [0.2, 0.25) is 0 Å². The third kappa shape index (κ3) is 4.74. The fourth-order valence-electron chi connectivity index (χ4n) is 4.90. The first kappa shape index (κ1) is 24.8. The molecule has 4 aromatic heterocycles. The van der Waals surface area contributed by atoms with Gasteiger partial charge in [-0.15, -0.1) is 15.3 Å². The Labute approximate surface area is 214 Å². The standard InChI is InChI=1S/C25H34N8O2S/c1-15(14-35-5)28-24-26-12-22-20(10-21(33(22)31-24)17-6-8-19(34)9-7-17)18-11-27-32(13-18)25(3,4)23-30-29-16(2)36-23/h10-13,15,17,19,34H,6-9,14H2,1-5H3,(H,28,31)/t15-,17-,19-/m0/s1. The summed E-state index contributed by atoms with van der Waals surface area (Å²) in [6.45, 7) is 8.77. The van der Waals surface area contributed by atoms with E-state index in [2.05, 4.69) is 46.6 Å². The molecule has 1 saturated carbocycles. The largest absolute Gasteiger partial charge is 0.393 e. The number of nitrogens with one attached hydrogen (secondary N) is 1. The molecule has 4 heterocycles. The highest BCUT2D eigenvalue weighted by Crippen LogP contribution is 2.38. The van der Waals surface area contributed by atoms with Crippen LogP contribution in [0.3, 0.4) is 0 Å². The molecule has 4 aromatic rings. The Balaban J connectivity index is 1.54. The lowest BCUT2D eigenvalue weighted by molar-refractivity contribution is 0.121. The molecular formula is C25H34N8O2S. The molecule has 0 radical (unpaired) electrons. The molecule has 5 rings (SSSR count). The molecule has 0 saturated heterocycles. The van der Waals surface area contributed by atoms with Gasteiger partial charge in [0.05, 0.1) is 30.6 Å². The first-order chi connectivity index (χ1) is 17.3. The Morgan fingerprint density at radius 1 is 1.22 bits per heavy atom. The number of aliphatic hydroxyl groups is 1. The SMILES string of the molecule is COC[C@H](C)Nc1ncc2c(-c3cnn(C(C)(C)c4nnc(C)s4)c3)cc([C@H]3CC[C@H](O)CC3)n2n1. The molecule has 1 aliphatic rings. The summed E-state index contributed by atoms with van der Waals surface area (Å²) < 4.78 is 9.22. The minimum atomic E-state index is -0.423. The second-order valence-electron chi connectivity index (χ2n) is 10.2. The molecule has 1 fully saturated rings. The number of rotatable bonds is 8. The topological polar surface area (TPSA) is 115 Å². The number of nitrogens with zero attached hydrogens (tertiary/aromatic N) is 7. The highest BCUT2D eigenvalue weighted by molar-refractivity contribution is 7.11. The monoisotopic (exact) mass is 510 g/mol. The summed E-state index contributed by atoms with van der Waals surface area (Å²) >= 11 is 1.59. The van der Waals surface area contributed by atoms with E-state index in [-0.39, 0.29) is 12.1 Å². The Morgan fingerprint density at radius 3 is 2.69 bits per heavy atom. The third-order valence-electron chi connectivity index (χ3n) is 6.97. The van der Waals surface area contributed by atoms with Gasteiger partial charge in [0.2, 0.25) is 5.95 Å². The van der Waals surface area contributed by atoms with Crippen LogP contribution < -0.4 is 5.32 Å². The van der Waals surface area contributed by atoms with Gasteiger partial charge in [-0.05, 0) is 59.4 Å². The van der Waals surface area contributed by atoms with Crippen LogP contribution in [-0.2, 0) is 10.3 Å². The van der Waals surface area contributed by atoms with Gasteiger partial charge < -0.3 is 15.2 Å². The van der Waals surface area contributed by atoms with Gasteiger partial charge in [0, 0.05) is 42.1 Å². The second kappa shape index (κ2) is 9.87. The van der Waals surface area contributed by atoms with E-state index in [1.165, 1.54) is 0 Å². The van der Waals surface area contributed by atoms with Gasteiger partial charge in [-0.1, -0.05) is 11.3 Å². The molecule has 0 amide bonds. The fourth-order valence-corrected chi connectivity index (χ4v) is 5.68. The van der Waals surface area contributed by atoms with Gasteiger partial charge in [-0.2, -0.15) is 5.10 Å². The van der Waals surface area contributed by atoms with Crippen molar-refractivity contribution in [2.45, 2.75) is 77.0 Å². The number of anilines is 1. The molecular weight excluding hydrogens is 476 g/mol. The van der Waals surface area contributed by atoms with Crippen LogP contribution in [0, 0.1) is 6.92 Å². The van der Waals surface area contributed by atoms with E-state index >= 15 is 0 Å². The molecule has 0 spiro atoms. The molecule has 36 heavy (non-hydrogen) atoms. The molecule has 0 bridgehead atoms. The Bertz CT molecular complexity index is 1340. The lowest BCUT2D eigenvalue weighted by Crippen LogP contribution is -2.28. The highest BCUT2D eigenvalue weighted by Gasteiger charge is 2.30. The van der Waals surface area contributed by atoms with Crippen molar-refractivity contribution in [3.63, 3.8) is 0 Å². The van der Waals surface area contributed by atoms with Crippen LogP contribution in [0.5, 0.6) is 0 Å². The zero-order valence-electron chi connectivity index (χ0n) is 21.5. The maximum Gasteiger partial charge on any atom is 0.241 e. The van der Waals surface area contributed by atoms with Gasteiger partial charge in [0.25, 0.3) is 0 Å². The highest BCUT2D eigenvalue weighted by atomic mass is 32.1. The maximum absolute atomic E-state index is 10.1. The summed E-state index contributed by atoms with van der Waals surface area (Å²) in [7, 11) is 1.68. The lowest BCUT2D eigenvalue weighted by Gasteiger charge is -2.25. The van der Waals surface area contributed by atoms with E-state index in [9.17, 15) is 5.11 Å². The summed E-state index contributed by atoms with van der Waals surface area (Å²) in [5, 5.41) is 33.4. The van der Waals surface area contributed by atoms with E-state index in [0.29, 0.717) is 18.5 Å². The molecule has 10 nitrogen and oxygen atoms in total. The number of fused-ring (bicyclic) bond motifs is 1. The van der Waals surface area contributed by atoms with Crippen LogP contribution in [0.25, 0.3) is 16.6 Å². The molecule has 0 unspecified atom stereocenters. The van der Waals surface area contributed by atoms with Gasteiger partial charge >= 0.3 is 0 Å². The molecule has 1 aliphatic carbocycles. The normalized spacial score (nSPS) is 19.6. The van der Waals surface area contributed by atoms with Crippen molar-refractivity contribution >= 4 is 22.8 Å². The third-order valence-corrected chi connectivity index (χ3v) is 8.12. The van der Waals surface area contributed by atoms with Crippen molar-refractivity contribution in [2.75, 3.05) is 19.0 Å². The van der Waals surface area contributed by atoms with Gasteiger partial charge in [-0.3, -0.25) is 4.68 Å².